The van der Waals surface area contributed by atoms with Crippen molar-refractivity contribution >= 4 is 17.7 Å². The van der Waals surface area contributed by atoms with Crippen molar-refractivity contribution < 1.29 is 9.53 Å². The molecule has 2 aromatic heterocycles. The fourth-order valence-corrected chi connectivity index (χ4v) is 4.02. The molecule has 0 bridgehead atoms. The van der Waals surface area contributed by atoms with E-state index in [2.05, 4.69) is 25.3 Å². The molecule has 0 saturated carbocycles. The first-order valence-electron chi connectivity index (χ1n) is 9.72. The third-order valence-corrected chi connectivity index (χ3v) is 5.61. The van der Waals surface area contributed by atoms with Gasteiger partial charge in [-0.05, 0) is 19.4 Å². The Kier molecular flexibility index (Phi) is 4.05. The van der Waals surface area contributed by atoms with Gasteiger partial charge in [-0.25, -0.2) is 19.9 Å². The van der Waals surface area contributed by atoms with Gasteiger partial charge in [0.15, 0.2) is 12.0 Å². The lowest BCUT2D eigenvalue weighted by Gasteiger charge is -2.27. The van der Waals surface area contributed by atoms with Crippen LogP contribution < -0.4 is 20.7 Å². The molecule has 0 aliphatic carbocycles. The Balaban J connectivity index is 1.55. The van der Waals surface area contributed by atoms with Crippen molar-refractivity contribution in [1.82, 2.24) is 25.3 Å². The van der Waals surface area contributed by atoms with Gasteiger partial charge < -0.3 is 20.7 Å². The van der Waals surface area contributed by atoms with Gasteiger partial charge in [0.2, 0.25) is 5.95 Å². The second-order valence-electron chi connectivity index (χ2n) is 7.52. The van der Waals surface area contributed by atoms with Gasteiger partial charge >= 0.3 is 0 Å². The van der Waals surface area contributed by atoms with Crippen molar-refractivity contribution in [2.75, 3.05) is 17.7 Å². The average Bonchev–Trinajstić information content (AvgIpc) is 3.00. The largest absolute Gasteiger partial charge is 0.451 e. The van der Waals surface area contributed by atoms with Crippen LogP contribution in [0.3, 0.4) is 0 Å². The fraction of sp³-hybridized carbons (Fsp3) is 0.286. The Bertz CT molecular complexity index is 1180. The molecule has 0 radical (unpaired) electrons. The van der Waals surface area contributed by atoms with Crippen LogP contribution in [-0.2, 0) is 6.42 Å². The Labute approximate surface area is 173 Å². The molecule has 3 N–H and O–H groups in total. The molecule has 0 saturated heterocycles. The summed E-state index contributed by atoms with van der Waals surface area (Å²) in [6.45, 7) is 3.71. The van der Waals surface area contributed by atoms with Crippen LogP contribution in [0.25, 0.3) is 11.3 Å². The smallest absolute Gasteiger partial charge is 0.260 e. The summed E-state index contributed by atoms with van der Waals surface area (Å²) in [6.07, 6.45) is 2.13. The molecule has 2 aliphatic rings. The van der Waals surface area contributed by atoms with Crippen molar-refractivity contribution in [2.24, 2.45) is 0 Å². The first kappa shape index (κ1) is 18.3. The molecule has 2 aliphatic heterocycles. The predicted octanol–water partition coefficient (Wildman–Crippen LogP) is 2.03. The highest BCUT2D eigenvalue weighted by molar-refractivity contribution is 5.98. The van der Waals surface area contributed by atoms with Gasteiger partial charge in [0.25, 0.3) is 11.8 Å². The molecule has 0 spiro atoms. The lowest BCUT2D eigenvalue weighted by Crippen LogP contribution is -2.37. The Hall–Kier alpha value is -3.75. The molecule has 30 heavy (non-hydrogen) atoms. The quantitative estimate of drug-likeness (QED) is 0.667. The number of ether oxygens (including phenoxy) is 1. The van der Waals surface area contributed by atoms with E-state index in [0.29, 0.717) is 40.8 Å². The number of hydrogen-bond donors (Lipinski definition) is 2. The standard InChI is InChI=1S/C21H21N7O2/c1-10-17-15(27-21(22)24-10)8-14(25-19(17)29)12-6-4-5-7-13(12)16-9-23-18-20(26-16)30-11(2)28(18)3/h4-7,9,11,14H,8H2,1-3H3,(H,25,29)(H2,22,24,27)/t11?,14-/m1/s1. The zero-order valence-corrected chi connectivity index (χ0v) is 16.9. The van der Waals surface area contributed by atoms with E-state index in [4.69, 9.17) is 10.5 Å². The minimum absolute atomic E-state index is 0.118. The molecule has 1 amide bonds. The molecular formula is C21H21N7O2. The van der Waals surface area contributed by atoms with E-state index in [1.54, 1.807) is 13.1 Å². The second kappa shape index (κ2) is 6.65. The molecule has 5 rings (SSSR count). The van der Waals surface area contributed by atoms with E-state index >= 15 is 0 Å². The van der Waals surface area contributed by atoms with Crippen LogP contribution in [0.5, 0.6) is 5.88 Å². The minimum atomic E-state index is -0.271. The molecule has 9 nitrogen and oxygen atoms in total. The SMILES string of the molecule is Cc1nc(N)nc2c1C(=O)N[C@@H](c1ccccc1-c1cnc3c(n1)OC(C)N3C)C2. The Morgan fingerprint density at radius 3 is 2.87 bits per heavy atom. The maximum atomic E-state index is 12.8. The second-order valence-corrected chi connectivity index (χ2v) is 7.52. The van der Waals surface area contributed by atoms with E-state index in [9.17, 15) is 4.79 Å². The van der Waals surface area contributed by atoms with Crippen molar-refractivity contribution in [3.63, 3.8) is 0 Å². The number of carbonyl (C=O) groups excluding carboxylic acids is 1. The van der Waals surface area contributed by atoms with Gasteiger partial charge in [0, 0.05) is 19.0 Å². The number of benzene rings is 1. The first-order chi connectivity index (χ1) is 14.4. The number of rotatable bonds is 2. The summed E-state index contributed by atoms with van der Waals surface area (Å²) in [7, 11) is 1.92. The third-order valence-electron chi connectivity index (χ3n) is 5.61. The molecular weight excluding hydrogens is 382 g/mol. The van der Waals surface area contributed by atoms with Crippen LogP contribution in [-0.4, -0.2) is 39.1 Å². The summed E-state index contributed by atoms with van der Waals surface area (Å²) in [5.41, 5.74) is 10.1. The van der Waals surface area contributed by atoms with Gasteiger partial charge in [0.1, 0.15) is 0 Å². The van der Waals surface area contributed by atoms with Gasteiger partial charge in [-0.3, -0.25) is 4.79 Å². The van der Waals surface area contributed by atoms with Crippen molar-refractivity contribution in [3.8, 4) is 17.1 Å². The maximum absolute atomic E-state index is 12.8. The zero-order chi connectivity index (χ0) is 21.0. The molecule has 1 unspecified atom stereocenters. The summed E-state index contributed by atoms with van der Waals surface area (Å²) < 4.78 is 5.81. The summed E-state index contributed by atoms with van der Waals surface area (Å²) in [5.74, 6) is 1.19. The lowest BCUT2D eigenvalue weighted by atomic mass is 9.90. The lowest BCUT2D eigenvalue weighted by molar-refractivity contribution is 0.0922. The summed E-state index contributed by atoms with van der Waals surface area (Å²) in [6, 6.07) is 7.55. The number of fused-ring (bicyclic) bond motifs is 2. The molecule has 2 atom stereocenters. The highest BCUT2D eigenvalue weighted by Crippen LogP contribution is 2.37. The maximum Gasteiger partial charge on any atom is 0.260 e. The number of aromatic nitrogens is 4. The number of carbonyl (C=O) groups is 1. The first-order valence-corrected chi connectivity index (χ1v) is 9.72. The number of nitrogens with two attached hydrogens (primary N) is 1. The molecule has 1 aromatic carbocycles. The molecule has 9 heteroatoms. The summed E-state index contributed by atoms with van der Waals surface area (Å²) in [4.78, 5) is 32.4. The number of aryl methyl sites for hydroxylation is 1. The highest BCUT2D eigenvalue weighted by Gasteiger charge is 2.31. The normalized spacial score (nSPS) is 19.7. The van der Waals surface area contributed by atoms with Crippen molar-refractivity contribution in [3.05, 3.63) is 53.0 Å². The number of nitrogens with one attached hydrogen (secondary N) is 1. The van der Waals surface area contributed by atoms with Crippen LogP contribution in [0.15, 0.2) is 30.5 Å². The number of nitrogen functional groups attached to an aromatic ring is 1. The predicted molar refractivity (Wildman–Crippen MR) is 111 cm³/mol. The molecule has 152 valence electrons. The summed E-state index contributed by atoms with van der Waals surface area (Å²) in [5, 5.41) is 3.08. The third kappa shape index (κ3) is 2.81. The van der Waals surface area contributed by atoms with Gasteiger partial charge in [-0.15, -0.1) is 0 Å². The Morgan fingerprint density at radius 1 is 1.23 bits per heavy atom. The number of anilines is 2. The van der Waals surface area contributed by atoms with E-state index in [1.165, 1.54) is 0 Å². The molecule has 3 aromatic rings. The number of nitrogens with zero attached hydrogens (tertiary/aromatic N) is 5. The van der Waals surface area contributed by atoms with Crippen molar-refractivity contribution in [2.45, 2.75) is 32.5 Å². The van der Waals surface area contributed by atoms with Crippen LogP contribution >= 0.6 is 0 Å². The topological polar surface area (TPSA) is 119 Å². The fourth-order valence-electron chi connectivity index (χ4n) is 4.02. The van der Waals surface area contributed by atoms with Crippen LogP contribution in [0.4, 0.5) is 11.8 Å². The van der Waals surface area contributed by atoms with Crippen molar-refractivity contribution in [1.29, 1.82) is 0 Å². The van der Waals surface area contributed by atoms with Gasteiger partial charge in [0.05, 0.1) is 34.9 Å². The van der Waals surface area contributed by atoms with E-state index in [0.717, 1.165) is 11.1 Å². The van der Waals surface area contributed by atoms with Gasteiger partial charge in [-0.1, -0.05) is 24.3 Å². The van der Waals surface area contributed by atoms with Crippen LogP contribution in [0.2, 0.25) is 0 Å². The number of amides is 1. The average molecular weight is 403 g/mol. The zero-order valence-electron chi connectivity index (χ0n) is 16.9. The minimum Gasteiger partial charge on any atom is -0.451 e. The Morgan fingerprint density at radius 2 is 2.03 bits per heavy atom. The van der Waals surface area contributed by atoms with E-state index in [-0.39, 0.29) is 24.1 Å². The van der Waals surface area contributed by atoms with E-state index < -0.39 is 0 Å². The van der Waals surface area contributed by atoms with E-state index in [1.807, 2.05) is 43.1 Å². The van der Waals surface area contributed by atoms with Crippen LogP contribution in [0, 0.1) is 6.92 Å². The highest BCUT2D eigenvalue weighted by atomic mass is 16.5. The monoisotopic (exact) mass is 403 g/mol. The number of hydrogen-bond acceptors (Lipinski definition) is 8. The molecule has 4 heterocycles. The van der Waals surface area contributed by atoms with Crippen LogP contribution in [0.1, 0.15) is 40.3 Å². The molecule has 0 fully saturated rings. The van der Waals surface area contributed by atoms with Gasteiger partial charge in [-0.2, -0.15) is 0 Å². The summed E-state index contributed by atoms with van der Waals surface area (Å²) >= 11 is 0.